The minimum Gasteiger partial charge on any atom is -0.315 e. The van der Waals surface area contributed by atoms with Crippen LogP contribution in [0.1, 0.15) is 47.0 Å². The highest BCUT2D eigenvalue weighted by molar-refractivity contribution is 4.63. The van der Waals surface area contributed by atoms with E-state index >= 15 is 0 Å². The van der Waals surface area contributed by atoms with Crippen molar-refractivity contribution < 1.29 is 0 Å². The smallest absolute Gasteiger partial charge is 0.0107 e. The highest BCUT2D eigenvalue weighted by Crippen LogP contribution is 2.06. The number of rotatable bonds is 13. The molecule has 0 aromatic rings. The Kier molecular flexibility index (Phi) is 12.5. The Morgan fingerprint density at radius 1 is 0.750 bits per heavy atom. The summed E-state index contributed by atoms with van der Waals surface area (Å²) in [4.78, 5) is 4.89. The Morgan fingerprint density at radius 3 is 1.75 bits per heavy atom. The molecule has 3 nitrogen and oxygen atoms in total. The summed E-state index contributed by atoms with van der Waals surface area (Å²) >= 11 is 0. The molecular formula is C17H39N3. The number of hydrogen-bond donors (Lipinski definition) is 1. The van der Waals surface area contributed by atoms with E-state index in [2.05, 4.69) is 56.9 Å². The van der Waals surface area contributed by atoms with Crippen LogP contribution in [0, 0.1) is 11.8 Å². The molecule has 0 amide bonds. The van der Waals surface area contributed by atoms with E-state index in [0.717, 1.165) is 24.9 Å². The molecule has 122 valence electrons. The normalized spacial score (nSPS) is 12.3. The van der Waals surface area contributed by atoms with Crippen LogP contribution < -0.4 is 5.32 Å². The van der Waals surface area contributed by atoms with Crippen LogP contribution in [0.4, 0.5) is 0 Å². The number of nitrogens with zero attached hydrogens (tertiary/aromatic N) is 2. The van der Waals surface area contributed by atoms with Gasteiger partial charge in [0, 0.05) is 13.1 Å². The standard InChI is InChI=1S/C17H39N3/c1-16(2)8-13-20(14-9-17(3)4)15-11-18-10-7-12-19(5)6/h16-18H,7-15H2,1-6H3. The molecular weight excluding hydrogens is 246 g/mol. The van der Waals surface area contributed by atoms with Gasteiger partial charge in [-0.15, -0.1) is 0 Å². The zero-order valence-corrected chi connectivity index (χ0v) is 14.9. The summed E-state index contributed by atoms with van der Waals surface area (Å²) in [5.74, 6) is 1.62. The zero-order chi connectivity index (χ0) is 15.4. The highest BCUT2D eigenvalue weighted by Gasteiger charge is 2.07. The van der Waals surface area contributed by atoms with Gasteiger partial charge >= 0.3 is 0 Å². The average molecular weight is 286 g/mol. The quantitative estimate of drug-likeness (QED) is 0.525. The summed E-state index contributed by atoms with van der Waals surface area (Å²) in [5.41, 5.74) is 0. The molecule has 0 spiro atoms. The third kappa shape index (κ3) is 14.3. The van der Waals surface area contributed by atoms with Crippen LogP contribution >= 0.6 is 0 Å². The third-order valence-corrected chi connectivity index (χ3v) is 3.61. The third-order valence-electron chi connectivity index (χ3n) is 3.61. The van der Waals surface area contributed by atoms with Crippen molar-refractivity contribution >= 4 is 0 Å². The van der Waals surface area contributed by atoms with Gasteiger partial charge in [0.15, 0.2) is 0 Å². The molecule has 3 heteroatoms. The zero-order valence-electron chi connectivity index (χ0n) is 14.9. The minimum atomic E-state index is 0.810. The van der Waals surface area contributed by atoms with Gasteiger partial charge in [0.05, 0.1) is 0 Å². The van der Waals surface area contributed by atoms with Gasteiger partial charge < -0.3 is 15.1 Å². The van der Waals surface area contributed by atoms with Crippen LogP contribution in [0.2, 0.25) is 0 Å². The van der Waals surface area contributed by atoms with Gasteiger partial charge in [-0.2, -0.15) is 0 Å². The molecule has 0 fully saturated rings. The predicted molar refractivity (Wildman–Crippen MR) is 91.4 cm³/mol. The molecule has 0 rings (SSSR count). The van der Waals surface area contributed by atoms with Crippen molar-refractivity contribution in [1.82, 2.24) is 15.1 Å². The lowest BCUT2D eigenvalue weighted by Gasteiger charge is -2.24. The van der Waals surface area contributed by atoms with Crippen LogP contribution in [0.3, 0.4) is 0 Å². The molecule has 20 heavy (non-hydrogen) atoms. The Labute approximate surface area is 128 Å². The average Bonchev–Trinajstić information content (AvgIpc) is 2.34. The lowest BCUT2D eigenvalue weighted by atomic mass is 10.1. The Bertz CT molecular complexity index is 190. The van der Waals surface area contributed by atoms with E-state index in [4.69, 9.17) is 0 Å². The maximum Gasteiger partial charge on any atom is 0.0107 e. The Morgan fingerprint density at radius 2 is 1.30 bits per heavy atom. The van der Waals surface area contributed by atoms with E-state index in [0.29, 0.717) is 0 Å². The predicted octanol–water partition coefficient (Wildman–Crippen LogP) is 2.92. The summed E-state index contributed by atoms with van der Waals surface area (Å²) < 4.78 is 0. The van der Waals surface area contributed by atoms with Crippen molar-refractivity contribution in [2.24, 2.45) is 11.8 Å². The summed E-state index contributed by atoms with van der Waals surface area (Å²) in [6.07, 6.45) is 3.88. The topological polar surface area (TPSA) is 18.5 Å². The number of hydrogen-bond acceptors (Lipinski definition) is 3. The molecule has 0 unspecified atom stereocenters. The monoisotopic (exact) mass is 285 g/mol. The molecule has 0 aliphatic carbocycles. The fourth-order valence-corrected chi connectivity index (χ4v) is 2.10. The molecule has 0 aliphatic rings. The van der Waals surface area contributed by atoms with Crippen molar-refractivity contribution in [3.63, 3.8) is 0 Å². The summed E-state index contributed by atoms with van der Waals surface area (Å²) in [6.45, 7) is 16.4. The lowest BCUT2D eigenvalue weighted by Crippen LogP contribution is -2.35. The van der Waals surface area contributed by atoms with Gasteiger partial charge in [0.2, 0.25) is 0 Å². The van der Waals surface area contributed by atoms with Crippen LogP contribution in [-0.2, 0) is 0 Å². The Balaban J connectivity index is 3.72. The maximum absolute atomic E-state index is 3.58. The van der Waals surface area contributed by atoms with Crippen LogP contribution in [0.5, 0.6) is 0 Å². The second kappa shape index (κ2) is 12.6. The first-order chi connectivity index (χ1) is 9.41. The van der Waals surface area contributed by atoms with Crippen molar-refractivity contribution in [1.29, 1.82) is 0 Å². The number of nitrogens with one attached hydrogen (secondary N) is 1. The molecule has 0 radical (unpaired) electrons. The molecule has 0 aromatic heterocycles. The van der Waals surface area contributed by atoms with Gasteiger partial charge in [0.1, 0.15) is 0 Å². The van der Waals surface area contributed by atoms with E-state index in [1.54, 1.807) is 0 Å². The van der Waals surface area contributed by atoms with E-state index in [9.17, 15) is 0 Å². The van der Waals surface area contributed by atoms with Crippen molar-refractivity contribution in [2.75, 3.05) is 53.4 Å². The minimum absolute atomic E-state index is 0.810. The molecule has 0 aromatic carbocycles. The van der Waals surface area contributed by atoms with Crippen LogP contribution in [-0.4, -0.2) is 63.2 Å². The van der Waals surface area contributed by atoms with Gasteiger partial charge in [-0.3, -0.25) is 0 Å². The van der Waals surface area contributed by atoms with Crippen LogP contribution in [0.15, 0.2) is 0 Å². The molecule has 0 aliphatic heterocycles. The van der Waals surface area contributed by atoms with Crippen molar-refractivity contribution in [2.45, 2.75) is 47.0 Å². The summed E-state index contributed by atoms with van der Waals surface area (Å²) in [5, 5.41) is 3.58. The first-order valence-corrected chi connectivity index (χ1v) is 8.49. The molecule has 0 saturated heterocycles. The van der Waals surface area contributed by atoms with Crippen molar-refractivity contribution in [3.05, 3.63) is 0 Å². The molecule has 0 bridgehead atoms. The second-order valence-corrected chi connectivity index (χ2v) is 7.11. The van der Waals surface area contributed by atoms with E-state index in [1.165, 1.54) is 45.4 Å². The lowest BCUT2D eigenvalue weighted by molar-refractivity contribution is 0.243. The molecule has 1 N–H and O–H groups in total. The van der Waals surface area contributed by atoms with E-state index < -0.39 is 0 Å². The largest absolute Gasteiger partial charge is 0.315 e. The van der Waals surface area contributed by atoms with Gasteiger partial charge in [-0.05, 0) is 71.4 Å². The van der Waals surface area contributed by atoms with Gasteiger partial charge in [-0.1, -0.05) is 27.7 Å². The van der Waals surface area contributed by atoms with E-state index in [1.807, 2.05) is 0 Å². The fraction of sp³-hybridized carbons (Fsp3) is 1.00. The summed E-state index contributed by atoms with van der Waals surface area (Å²) in [7, 11) is 4.28. The molecule has 0 saturated carbocycles. The highest BCUT2D eigenvalue weighted by atomic mass is 15.1. The van der Waals surface area contributed by atoms with Gasteiger partial charge in [0.25, 0.3) is 0 Å². The fourth-order valence-electron chi connectivity index (χ4n) is 2.10. The molecule has 0 heterocycles. The molecule has 0 atom stereocenters. The first-order valence-electron chi connectivity index (χ1n) is 8.49. The SMILES string of the molecule is CC(C)CCN(CCNCCCN(C)C)CCC(C)C. The summed E-state index contributed by atoms with van der Waals surface area (Å²) in [6, 6.07) is 0. The Hall–Kier alpha value is -0.120. The maximum atomic E-state index is 3.58. The van der Waals surface area contributed by atoms with Crippen LogP contribution in [0.25, 0.3) is 0 Å². The van der Waals surface area contributed by atoms with Crippen molar-refractivity contribution in [3.8, 4) is 0 Å². The first kappa shape index (κ1) is 19.9. The van der Waals surface area contributed by atoms with E-state index in [-0.39, 0.29) is 0 Å². The second-order valence-electron chi connectivity index (χ2n) is 7.11. The van der Waals surface area contributed by atoms with Gasteiger partial charge in [-0.25, -0.2) is 0 Å².